The van der Waals surface area contributed by atoms with Crippen LogP contribution in [-0.2, 0) is 5.75 Å². The number of hydrogen-bond acceptors (Lipinski definition) is 4. The molecule has 2 aliphatic heterocycles. The molecule has 0 radical (unpaired) electrons. The number of benzene rings is 1. The zero-order valence-electron chi connectivity index (χ0n) is 10.1. The highest BCUT2D eigenvalue weighted by molar-refractivity contribution is 9.10. The van der Waals surface area contributed by atoms with Gasteiger partial charge in [-0.1, -0.05) is 22.9 Å². The van der Waals surface area contributed by atoms with Crippen molar-refractivity contribution >= 4 is 27.7 Å². The summed E-state index contributed by atoms with van der Waals surface area (Å²) in [7, 11) is 0. The van der Waals surface area contributed by atoms with Gasteiger partial charge in [0.2, 0.25) is 0 Å². The maximum atomic E-state index is 10.4. The minimum atomic E-state index is -0.474. The third kappa shape index (κ3) is 2.12. The lowest BCUT2D eigenvalue weighted by Crippen LogP contribution is -2.18. The number of aliphatic hydroxyl groups is 1. The highest BCUT2D eigenvalue weighted by atomic mass is 79.9. The second-order valence-electron chi connectivity index (χ2n) is 4.65. The van der Waals surface area contributed by atoms with Crippen molar-refractivity contribution in [1.82, 2.24) is 0 Å². The number of hydrogen-bond donors (Lipinski definition) is 1. The average molecular weight is 331 g/mol. The number of rotatable bonds is 0. The van der Waals surface area contributed by atoms with Crippen molar-refractivity contribution in [2.75, 3.05) is 13.2 Å². The van der Waals surface area contributed by atoms with Crippen LogP contribution >= 0.6 is 27.7 Å². The van der Waals surface area contributed by atoms with Gasteiger partial charge in [-0.05, 0) is 18.1 Å². The molecule has 18 heavy (non-hydrogen) atoms. The fourth-order valence-electron chi connectivity index (χ4n) is 2.44. The first-order chi connectivity index (χ1) is 8.66. The summed E-state index contributed by atoms with van der Waals surface area (Å²) in [5, 5.41) is 10.9. The number of ether oxygens (including phenoxy) is 2. The molecule has 3 rings (SSSR count). The van der Waals surface area contributed by atoms with Gasteiger partial charge in [0.25, 0.3) is 0 Å². The van der Waals surface area contributed by atoms with Gasteiger partial charge < -0.3 is 14.6 Å². The van der Waals surface area contributed by atoms with Crippen LogP contribution in [0.25, 0.3) is 0 Å². The van der Waals surface area contributed by atoms with E-state index in [2.05, 4.69) is 22.9 Å². The SMILES string of the molecule is CC1CC(O)c2c(c(Br)cc3c2OCCO3)CS1. The predicted molar refractivity (Wildman–Crippen MR) is 75.5 cm³/mol. The van der Waals surface area contributed by atoms with Crippen molar-refractivity contribution in [2.45, 2.75) is 30.5 Å². The molecule has 0 aromatic heterocycles. The minimum Gasteiger partial charge on any atom is -0.486 e. The summed E-state index contributed by atoms with van der Waals surface area (Å²) in [6.07, 6.45) is 0.280. The summed E-state index contributed by atoms with van der Waals surface area (Å²) in [4.78, 5) is 0. The highest BCUT2D eigenvalue weighted by Gasteiger charge is 2.30. The second-order valence-corrected chi connectivity index (χ2v) is 6.93. The van der Waals surface area contributed by atoms with Crippen LogP contribution in [0.1, 0.15) is 30.6 Å². The quantitative estimate of drug-likeness (QED) is 0.792. The van der Waals surface area contributed by atoms with E-state index in [-0.39, 0.29) is 0 Å². The van der Waals surface area contributed by atoms with Gasteiger partial charge in [0, 0.05) is 21.0 Å². The van der Waals surface area contributed by atoms with Crippen LogP contribution in [0.4, 0.5) is 0 Å². The zero-order valence-corrected chi connectivity index (χ0v) is 12.5. The second kappa shape index (κ2) is 4.94. The monoisotopic (exact) mass is 330 g/mol. The summed E-state index contributed by atoms with van der Waals surface area (Å²) in [5.74, 6) is 2.37. The van der Waals surface area contributed by atoms with Crippen molar-refractivity contribution in [3.8, 4) is 11.5 Å². The van der Waals surface area contributed by atoms with E-state index < -0.39 is 6.10 Å². The Labute approximate surface area is 119 Å². The van der Waals surface area contributed by atoms with Gasteiger partial charge in [0.05, 0.1) is 6.10 Å². The molecule has 2 atom stereocenters. The molecule has 0 saturated heterocycles. The molecular formula is C13H15BrO3S. The predicted octanol–water partition coefficient (Wildman–Crippen LogP) is 3.28. The Morgan fingerprint density at radius 1 is 1.39 bits per heavy atom. The number of halogens is 1. The lowest BCUT2D eigenvalue weighted by Gasteiger charge is -2.25. The maximum absolute atomic E-state index is 10.4. The first kappa shape index (κ1) is 12.6. The third-order valence-corrected chi connectivity index (χ3v) is 5.25. The van der Waals surface area contributed by atoms with Crippen LogP contribution < -0.4 is 9.47 Å². The van der Waals surface area contributed by atoms with E-state index in [0.717, 1.165) is 39.3 Å². The molecule has 0 aliphatic carbocycles. The van der Waals surface area contributed by atoms with E-state index >= 15 is 0 Å². The van der Waals surface area contributed by atoms with Crippen molar-refractivity contribution in [3.05, 3.63) is 21.7 Å². The van der Waals surface area contributed by atoms with Gasteiger partial charge in [-0.15, -0.1) is 0 Å². The largest absolute Gasteiger partial charge is 0.486 e. The van der Waals surface area contributed by atoms with E-state index in [1.807, 2.05) is 17.8 Å². The average Bonchev–Trinajstić information content (AvgIpc) is 2.49. The van der Waals surface area contributed by atoms with E-state index in [1.165, 1.54) is 0 Å². The number of thioether (sulfide) groups is 1. The Morgan fingerprint density at radius 3 is 3.00 bits per heavy atom. The first-order valence-electron chi connectivity index (χ1n) is 6.07. The normalized spacial score (nSPS) is 26.4. The van der Waals surface area contributed by atoms with Gasteiger partial charge in [-0.2, -0.15) is 11.8 Å². The van der Waals surface area contributed by atoms with Crippen LogP contribution in [-0.4, -0.2) is 23.6 Å². The first-order valence-corrected chi connectivity index (χ1v) is 7.91. The molecule has 2 unspecified atom stereocenters. The molecular weight excluding hydrogens is 316 g/mol. The molecule has 2 aliphatic rings. The Balaban J connectivity index is 2.16. The van der Waals surface area contributed by atoms with Gasteiger partial charge in [-0.25, -0.2) is 0 Å². The van der Waals surface area contributed by atoms with Gasteiger partial charge in [0.15, 0.2) is 11.5 Å². The lowest BCUT2D eigenvalue weighted by atomic mass is 9.98. The summed E-state index contributed by atoms with van der Waals surface area (Å²) >= 11 is 5.45. The molecule has 0 bridgehead atoms. The van der Waals surface area contributed by atoms with Crippen molar-refractivity contribution in [2.24, 2.45) is 0 Å². The number of aliphatic hydroxyl groups excluding tert-OH is 1. The van der Waals surface area contributed by atoms with Gasteiger partial charge in [-0.3, -0.25) is 0 Å². The Kier molecular flexibility index (Phi) is 3.47. The van der Waals surface area contributed by atoms with Crippen molar-refractivity contribution in [1.29, 1.82) is 0 Å². The molecule has 98 valence electrons. The summed E-state index contributed by atoms with van der Waals surface area (Å²) < 4.78 is 12.3. The van der Waals surface area contributed by atoms with E-state index in [0.29, 0.717) is 18.5 Å². The molecule has 0 amide bonds. The van der Waals surface area contributed by atoms with Crippen LogP contribution in [0.15, 0.2) is 10.5 Å². The van der Waals surface area contributed by atoms with Crippen LogP contribution in [0.5, 0.6) is 11.5 Å². The lowest BCUT2D eigenvalue weighted by molar-refractivity contribution is 0.141. The van der Waals surface area contributed by atoms with Crippen molar-refractivity contribution < 1.29 is 14.6 Å². The van der Waals surface area contributed by atoms with Crippen LogP contribution in [0.3, 0.4) is 0 Å². The minimum absolute atomic E-state index is 0.444. The van der Waals surface area contributed by atoms with Gasteiger partial charge >= 0.3 is 0 Å². The smallest absolute Gasteiger partial charge is 0.167 e. The maximum Gasteiger partial charge on any atom is 0.167 e. The van der Waals surface area contributed by atoms with Gasteiger partial charge in [0.1, 0.15) is 13.2 Å². The van der Waals surface area contributed by atoms with E-state index in [9.17, 15) is 5.11 Å². The Bertz CT molecular complexity index is 478. The fourth-order valence-corrected chi connectivity index (χ4v) is 4.27. The Morgan fingerprint density at radius 2 is 2.17 bits per heavy atom. The molecule has 1 aromatic carbocycles. The topological polar surface area (TPSA) is 38.7 Å². The molecule has 5 heteroatoms. The standard InChI is InChI=1S/C13H15BrO3S/c1-7-4-10(15)12-8(6-18-7)9(14)5-11-13(12)17-3-2-16-11/h5,7,10,15H,2-4,6H2,1H3. The third-order valence-electron chi connectivity index (χ3n) is 3.33. The van der Waals surface area contributed by atoms with E-state index in [4.69, 9.17) is 9.47 Å². The van der Waals surface area contributed by atoms with Crippen molar-refractivity contribution in [3.63, 3.8) is 0 Å². The molecule has 1 N–H and O–H groups in total. The molecule has 1 aromatic rings. The fraction of sp³-hybridized carbons (Fsp3) is 0.538. The van der Waals surface area contributed by atoms with Crippen LogP contribution in [0, 0.1) is 0 Å². The van der Waals surface area contributed by atoms with E-state index in [1.54, 1.807) is 0 Å². The zero-order chi connectivity index (χ0) is 12.7. The highest BCUT2D eigenvalue weighted by Crippen LogP contribution is 2.47. The summed E-state index contributed by atoms with van der Waals surface area (Å²) in [5.41, 5.74) is 2.05. The number of fused-ring (bicyclic) bond motifs is 3. The molecule has 2 heterocycles. The molecule has 0 saturated carbocycles. The summed E-state index contributed by atoms with van der Waals surface area (Å²) in [6.45, 7) is 3.27. The Hall–Kier alpha value is -0.390. The summed E-state index contributed by atoms with van der Waals surface area (Å²) in [6, 6.07) is 1.95. The molecule has 0 spiro atoms. The molecule has 3 nitrogen and oxygen atoms in total. The molecule has 0 fully saturated rings. The van der Waals surface area contributed by atoms with Crippen LogP contribution in [0.2, 0.25) is 0 Å².